The molecule has 0 aliphatic heterocycles. The zero-order valence-electron chi connectivity index (χ0n) is 17.9. The number of benzene rings is 2. The van der Waals surface area contributed by atoms with Crippen LogP contribution < -0.4 is 0 Å². The summed E-state index contributed by atoms with van der Waals surface area (Å²) in [6, 6.07) is 13.0. The van der Waals surface area contributed by atoms with Gasteiger partial charge in [-0.25, -0.2) is 4.98 Å². The van der Waals surface area contributed by atoms with Gasteiger partial charge >= 0.3 is 0 Å². The van der Waals surface area contributed by atoms with Gasteiger partial charge in [-0.15, -0.1) is 17.1 Å². The summed E-state index contributed by atoms with van der Waals surface area (Å²) in [5, 5.41) is 0.993. The second-order valence-corrected chi connectivity index (χ2v) is 11.3. The van der Waals surface area contributed by atoms with Crippen LogP contribution >= 0.6 is 23.1 Å². The smallest absolute Gasteiger partial charge is 0.139 e. The van der Waals surface area contributed by atoms with Crippen LogP contribution in [0, 0.1) is 6.92 Å². The molecule has 2 aromatic carbocycles. The van der Waals surface area contributed by atoms with Crippen molar-refractivity contribution in [2.24, 2.45) is 0 Å². The Morgan fingerprint density at radius 3 is 2.18 bits per heavy atom. The summed E-state index contributed by atoms with van der Waals surface area (Å²) in [5.41, 5.74) is 8.42. The topological polar surface area (TPSA) is 12.9 Å². The minimum absolute atomic E-state index is 0.0632. The number of hydrogen-bond donors (Lipinski definition) is 0. The van der Waals surface area contributed by atoms with Crippen LogP contribution in [0.15, 0.2) is 53.6 Å². The lowest BCUT2D eigenvalue weighted by atomic mass is 9.84. The van der Waals surface area contributed by atoms with Crippen LogP contribution in [0.2, 0.25) is 0 Å². The highest BCUT2D eigenvalue weighted by molar-refractivity contribution is 8.08. The molecule has 0 saturated carbocycles. The molecule has 0 amide bonds. The van der Waals surface area contributed by atoms with Gasteiger partial charge in [0.2, 0.25) is 0 Å². The Labute approximate surface area is 177 Å². The van der Waals surface area contributed by atoms with Crippen LogP contribution in [0.25, 0.3) is 15.1 Å². The summed E-state index contributed by atoms with van der Waals surface area (Å²) in [4.78, 5) is 7.25. The Kier molecular flexibility index (Phi) is 5.64. The number of aromatic nitrogens is 1. The van der Waals surface area contributed by atoms with Crippen molar-refractivity contribution >= 4 is 38.2 Å². The van der Waals surface area contributed by atoms with Crippen LogP contribution in [0.4, 0.5) is 0 Å². The fourth-order valence-corrected chi connectivity index (χ4v) is 5.45. The fraction of sp³-hybridized carbons (Fsp3) is 0.360. The van der Waals surface area contributed by atoms with Gasteiger partial charge in [-0.05, 0) is 46.6 Å². The van der Waals surface area contributed by atoms with Gasteiger partial charge in [-0.2, -0.15) is 0 Å². The van der Waals surface area contributed by atoms with E-state index in [4.69, 9.17) is 4.98 Å². The molecule has 0 bridgehead atoms. The fourth-order valence-electron chi connectivity index (χ4n) is 3.45. The standard InChI is InChI=1S/C25H29NS2/c1-9-19(27-20-14-10-12-17(16(20)2)24(3,4)5)23-26-22-18(25(6,7)8)13-11-15-21(22)28-23/h10-15H,1H2,2-8H3. The van der Waals surface area contributed by atoms with E-state index in [0.29, 0.717) is 0 Å². The van der Waals surface area contributed by atoms with Gasteiger partial charge in [0, 0.05) is 4.90 Å². The molecule has 3 heteroatoms. The molecule has 0 spiro atoms. The molecule has 3 aromatic rings. The maximum absolute atomic E-state index is 5.01. The molecule has 0 radical (unpaired) electrons. The summed E-state index contributed by atoms with van der Waals surface area (Å²) in [7, 11) is 0. The number of fused-ring (bicyclic) bond motifs is 1. The van der Waals surface area contributed by atoms with E-state index in [1.807, 2.05) is 0 Å². The molecule has 0 aliphatic rings. The van der Waals surface area contributed by atoms with Gasteiger partial charge in [-0.1, -0.05) is 84.1 Å². The highest BCUT2D eigenvalue weighted by atomic mass is 32.2. The van der Waals surface area contributed by atoms with Gasteiger partial charge in [0.1, 0.15) is 5.01 Å². The van der Waals surface area contributed by atoms with E-state index in [1.54, 1.807) is 23.1 Å². The van der Waals surface area contributed by atoms with Gasteiger partial charge in [0.15, 0.2) is 0 Å². The largest absolute Gasteiger partial charge is 0.234 e. The summed E-state index contributed by atoms with van der Waals surface area (Å²) in [6.07, 6.45) is 0. The molecule has 1 heterocycles. The minimum Gasteiger partial charge on any atom is -0.234 e. The van der Waals surface area contributed by atoms with Gasteiger partial charge < -0.3 is 0 Å². The van der Waals surface area contributed by atoms with E-state index >= 15 is 0 Å². The first kappa shape index (κ1) is 20.9. The van der Waals surface area contributed by atoms with Crippen LogP contribution in [-0.2, 0) is 10.8 Å². The van der Waals surface area contributed by atoms with Gasteiger partial charge in [0.25, 0.3) is 0 Å². The summed E-state index contributed by atoms with van der Waals surface area (Å²) in [5.74, 6) is 0. The Morgan fingerprint density at radius 2 is 1.57 bits per heavy atom. The van der Waals surface area contributed by atoms with Crippen LogP contribution in [0.3, 0.4) is 0 Å². The van der Waals surface area contributed by atoms with Crippen molar-refractivity contribution in [1.82, 2.24) is 4.98 Å². The van der Waals surface area contributed by atoms with Crippen LogP contribution in [0.1, 0.15) is 63.2 Å². The molecule has 0 unspecified atom stereocenters. The molecular formula is C25H29NS2. The van der Waals surface area contributed by atoms with Crippen LogP contribution in [0.5, 0.6) is 0 Å². The van der Waals surface area contributed by atoms with Crippen molar-refractivity contribution in [2.75, 3.05) is 0 Å². The van der Waals surface area contributed by atoms with E-state index < -0.39 is 0 Å². The summed E-state index contributed by atoms with van der Waals surface area (Å²) < 4.78 is 1.22. The van der Waals surface area contributed by atoms with Crippen molar-refractivity contribution in [3.05, 3.63) is 70.4 Å². The second kappa shape index (κ2) is 7.55. The Bertz CT molecular complexity index is 1070. The van der Waals surface area contributed by atoms with E-state index in [0.717, 1.165) is 15.4 Å². The zero-order chi connectivity index (χ0) is 20.7. The SMILES string of the molecule is C=C=C(Sc1cccc(C(C)(C)C)c1C)c1nc2c(C(C)(C)C)cccc2s1. The van der Waals surface area contributed by atoms with E-state index in [-0.39, 0.29) is 10.8 Å². The maximum Gasteiger partial charge on any atom is 0.139 e. The van der Waals surface area contributed by atoms with Crippen molar-refractivity contribution in [3.8, 4) is 0 Å². The number of para-hydroxylation sites is 1. The molecule has 1 aromatic heterocycles. The van der Waals surface area contributed by atoms with Crippen molar-refractivity contribution in [2.45, 2.75) is 64.2 Å². The lowest BCUT2D eigenvalue weighted by Gasteiger charge is -2.23. The number of thiazole rings is 1. The van der Waals surface area contributed by atoms with Gasteiger partial charge in [-0.3, -0.25) is 0 Å². The summed E-state index contributed by atoms with van der Waals surface area (Å²) >= 11 is 3.44. The Balaban J connectivity index is 2.04. The Morgan fingerprint density at radius 1 is 0.964 bits per heavy atom. The predicted molar refractivity (Wildman–Crippen MR) is 127 cm³/mol. The predicted octanol–water partition coefficient (Wildman–Crippen LogP) is 8.12. The molecule has 28 heavy (non-hydrogen) atoms. The minimum atomic E-state index is 0.0632. The van der Waals surface area contributed by atoms with E-state index in [2.05, 4.69) is 97.2 Å². The lowest BCUT2D eigenvalue weighted by molar-refractivity contribution is 0.584. The third-order valence-electron chi connectivity index (χ3n) is 4.89. The third kappa shape index (κ3) is 4.12. The van der Waals surface area contributed by atoms with Crippen LogP contribution in [-0.4, -0.2) is 4.98 Å². The lowest BCUT2D eigenvalue weighted by Crippen LogP contribution is -2.13. The average Bonchev–Trinajstić information content (AvgIpc) is 3.02. The monoisotopic (exact) mass is 407 g/mol. The van der Waals surface area contributed by atoms with Crippen molar-refractivity contribution in [3.63, 3.8) is 0 Å². The highest BCUT2D eigenvalue weighted by Gasteiger charge is 2.22. The molecule has 1 nitrogen and oxygen atoms in total. The van der Waals surface area contributed by atoms with E-state index in [1.165, 1.54) is 26.3 Å². The molecule has 0 N–H and O–H groups in total. The number of hydrogen-bond acceptors (Lipinski definition) is 3. The first-order chi connectivity index (χ1) is 13.0. The quantitative estimate of drug-likeness (QED) is 0.321. The average molecular weight is 408 g/mol. The molecule has 146 valence electrons. The zero-order valence-corrected chi connectivity index (χ0v) is 19.6. The molecule has 0 saturated heterocycles. The molecular weight excluding hydrogens is 378 g/mol. The number of thioether (sulfide) groups is 1. The molecule has 3 rings (SSSR count). The Hall–Kier alpha value is -1.80. The third-order valence-corrected chi connectivity index (χ3v) is 7.26. The van der Waals surface area contributed by atoms with E-state index in [9.17, 15) is 0 Å². The summed E-state index contributed by atoms with van der Waals surface area (Å²) in [6.45, 7) is 19.7. The molecule has 0 aliphatic carbocycles. The number of nitrogens with zero attached hydrogens (tertiary/aromatic N) is 1. The first-order valence-electron chi connectivity index (χ1n) is 9.61. The van der Waals surface area contributed by atoms with Crippen molar-refractivity contribution < 1.29 is 0 Å². The normalized spacial score (nSPS) is 12.2. The number of rotatable bonds is 3. The highest BCUT2D eigenvalue weighted by Crippen LogP contribution is 2.42. The van der Waals surface area contributed by atoms with Crippen molar-refractivity contribution in [1.29, 1.82) is 0 Å². The van der Waals surface area contributed by atoms with Gasteiger partial charge in [0.05, 0.1) is 15.1 Å². The maximum atomic E-state index is 5.01. The molecule has 0 atom stereocenters. The first-order valence-corrected chi connectivity index (χ1v) is 11.2. The molecule has 0 fully saturated rings. The second-order valence-electron chi connectivity index (χ2n) is 9.21.